The molecule has 0 fully saturated rings. The summed E-state index contributed by atoms with van der Waals surface area (Å²) in [7, 11) is 0. The number of nitrogens with one attached hydrogen (secondary N) is 1. The van der Waals surface area contributed by atoms with Crippen molar-refractivity contribution in [2.45, 2.75) is 0 Å². The predicted molar refractivity (Wildman–Crippen MR) is 82.8 cm³/mol. The molecule has 0 saturated carbocycles. The molecule has 0 heterocycles. The molecule has 0 aliphatic heterocycles. The summed E-state index contributed by atoms with van der Waals surface area (Å²) in [4.78, 5) is 33.7. The van der Waals surface area contributed by atoms with Crippen LogP contribution in [0.4, 0.5) is 21.5 Å². The SMILES string of the molecule is Nc1cc(F)ccc1C(=O)OCC(=O)Nc1ccccc1[N+](=O)[O-]. The average molecular weight is 333 g/mol. The average Bonchev–Trinajstić information content (AvgIpc) is 2.53. The van der Waals surface area contributed by atoms with Crippen LogP contribution in [0.1, 0.15) is 10.4 Å². The highest BCUT2D eigenvalue weighted by molar-refractivity contribution is 5.98. The Morgan fingerprint density at radius 1 is 1.25 bits per heavy atom. The Labute approximate surface area is 135 Å². The quantitative estimate of drug-likeness (QED) is 0.374. The molecule has 0 aliphatic rings. The molecule has 0 spiro atoms. The molecule has 9 heteroatoms. The number of hydrogen-bond donors (Lipinski definition) is 2. The maximum atomic E-state index is 12.9. The molecule has 2 aromatic carbocycles. The summed E-state index contributed by atoms with van der Waals surface area (Å²) in [6, 6.07) is 8.63. The van der Waals surface area contributed by atoms with Crippen molar-refractivity contribution in [1.29, 1.82) is 0 Å². The van der Waals surface area contributed by atoms with Crippen LogP contribution >= 0.6 is 0 Å². The summed E-state index contributed by atoms with van der Waals surface area (Å²) in [6.45, 7) is -0.679. The number of para-hydroxylation sites is 2. The van der Waals surface area contributed by atoms with Gasteiger partial charge in [0.15, 0.2) is 6.61 Å². The third-order valence-corrected chi connectivity index (χ3v) is 2.94. The number of anilines is 2. The Morgan fingerprint density at radius 3 is 2.62 bits per heavy atom. The van der Waals surface area contributed by atoms with Crippen molar-refractivity contribution in [2.75, 3.05) is 17.7 Å². The zero-order chi connectivity index (χ0) is 17.7. The van der Waals surface area contributed by atoms with Gasteiger partial charge in [0.05, 0.1) is 10.5 Å². The fraction of sp³-hybridized carbons (Fsp3) is 0.0667. The van der Waals surface area contributed by atoms with E-state index in [1.165, 1.54) is 24.3 Å². The smallest absolute Gasteiger partial charge is 0.340 e. The molecule has 124 valence electrons. The first-order valence-electron chi connectivity index (χ1n) is 6.64. The Hall–Kier alpha value is -3.49. The second-order valence-electron chi connectivity index (χ2n) is 4.63. The lowest BCUT2D eigenvalue weighted by molar-refractivity contribution is -0.383. The van der Waals surface area contributed by atoms with Gasteiger partial charge in [0.1, 0.15) is 11.5 Å². The molecule has 2 aromatic rings. The molecule has 0 unspecified atom stereocenters. The minimum Gasteiger partial charge on any atom is -0.452 e. The van der Waals surface area contributed by atoms with E-state index in [2.05, 4.69) is 5.32 Å². The lowest BCUT2D eigenvalue weighted by atomic mass is 10.2. The normalized spacial score (nSPS) is 10.0. The van der Waals surface area contributed by atoms with Crippen molar-refractivity contribution < 1.29 is 23.6 Å². The summed E-state index contributed by atoms with van der Waals surface area (Å²) < 4.78 is 17.7. The van der Waals surface area contributed by atoms with Crippen molar-refractivity contribution in [1.82, 2.24) is 0 Å². The minimum absolute atomic E-state index is 0.0233. The van der Waals surface area contributed by atoms with Crippen molar-refractivity contribution in [2.24, 2.45) is 0 Å². The van der Waals surface area contributed by atoms with Gasteiger partial charge >= 0.3 is 5.97 Å². The Balaban J connectivity index is 1.99. The second kappa shape index (κ2) is 7.18. The van der Waals surface area contributed by atoms with Crippen LogP contribution in [0.3, 0.4) is 0 Å². The van der Waals surface area contributed by atoms with E-state index >= 15 is 0 Å². The molecule has 0 radical (unpaired) electrons. The number of esters is 1. The van der Waals surface area contributed by atoms with Gasteiger partial charge < -0.3 is 15.8 Å². The number of ether oxygens (including phenoxy) is 1. The lowest BCUT2D eigenvalue weighted by Crippen LogP contribution is -2.21. The summed E-state index contributed by atoms with van der Waals surface area (Å²) in [5, 5.41) is 13.1. The van der Waals surface area contributed by atoms with Gasteiger partial charge in [-0.05, 0) is 24.3 Å². The summed E-state index contributed by atoms with van der Waals surface area (Å²) in [6.07, 6.45) is 0. The third-order valence-electron chi connectivity index (χ3n) is 2.94. The van der Waals surface area contributed by atoms with Crippen molar-refractivity contribution in [3.63, 3.8) is 0 Å². The van der Waals surface area contributed by atoms with Crippen LogP contribution in [0.15, 0.2) is 42.5 Å². The van der Waals surface area contributed by atoms with E-state index in [0.717, 1.165) is 18.2 Å². The maximum Gasteiger partial charge on any atom is 0.340 e. The van der Waals surface area contributed by atoms with E-state index in [9.17, 15) is 24.1 Å². The van der Waals surface area contributed by atoms with Crippen molar-refractivity contribution >= 4 is 28.9 Å². The monoisotopic (exact) mass is 333 g/mol. The first kappa shape index (κ1) is 16.9. The topological polar surface area (TPSA) is 125 Å². The van der Waals surface area contributed by atoms with Gasteiger partial charge in [-0.25, -0.2) is 9.18 Å². The molecule has 8 nitrogen and oxygen atoms in total. The number of nitro benzene ring substituents is 1. The van der Waals surface area contributed by atoms with Crippen LogP contribution in [0.25, 0.3) is 0 Å². The summed E-state index contributed by atoms with van der Waals surface area (Å²) in [5.74, 6) is -2.29. The number of hydrogen-bond acceptors (Lipinski definition) is 6. The van der Waals surface area contributed by atoms with Crippen LogP contribution in [0.5, 0.6) is 0 Å². The van der Waals surface area contributed by atoms with Gasteiger partial charge in [-0.15, -0.1) is 0 Å². The van der Waals surface area contributed by atoms with E-state index in [4.69, 9.17) is 10.5 Å². The van der Waals surface area contributed by atoms with Gasteiger partial charge in [-0.1, -0.05) is 12.1 Å². The second-order valence-corrected chi connectivity index (χ2v) is 4.63. The maximum absolute atomic E-state index is 12.9. The van der Waals surface area contributed by atoms with E-state index in [1.54, 1.807) is 0 Å². The molecular formula is C15H12FN3O5. The number of amides is 1. The van der Waals surface area contributed by atoms with Crippen LogP contribution < -0.4 is 11.1 Å². The number of rotatable bonds is 5. The molecule has 0 saturated heterocycles. The highest BCUT2D eigenvalue weighted by Gasteiger charge is 2.17. The number of nitro groups is 1. The van der Waals surface area contributed by atoms with E-state index in [0.29, 0.717) is 0 Å². The number of nitrogens with zero attached hydrogens (tertiary/aromatic N) is 1. The highest BCUT2D eigenvalue weighted by atomic mass is 19.1. The molecule has 24 heavy (non-hydrogen) atoms. The Kier molecular flexibility index (Phi) is 5.05. The highest BCUT2D eigenvalue weighted by Crippen LogP contribution is 2.23. The van der Waals surface area contributed by atoms with Crippen molar-refractivity contribution in [3.05, 3.63) is 64.0 Å². The Bertz CT molecular complexity index is 809. The zero-order valence-electron chi connectivity index (χ0n) is 12.2. The largest absolute Gasteiger partial charge is 0.452 e. The number of carbonyl (C=O) groups excluding carboxylic acids is 2. The molecule has 0 aliphatic carbocycles. The summed E-state index contributed by atoms with van der Waals surface area (Å²) in [5.41, 5.74) is 4.96. The fourth-order valence-electron chi connectivity index (χ4n) is 1.85. The number of benzene rings is 2. The zero-order valence-corrected chi connectivity index (χ0v) is 12.2. The molecular weight excluding hydrogens is 321 g/mol. The van der Waals surface area contributed by atoms with Gasteiger partial charge in [0.2, 0.25) is 0 Å². The van der Waals surface area contributed by atoms with E-state index in [-0.39, 0.29) is 22.6 Å². The van der Waals surface area contributed by atoms with Gasteiger partial charge in [0, 0.05) is 11.8 Å². The molecule has 0 bridgehead atoms. The summed E-state index contributed by atoms with van der Waals surface area (Å²) >= 11 is 0. The predicted octanol–water partition coefficient (Wildman–Crippen LogP) is 2.11. The van der Waals surface area contributed by atoms with Crippen molar-refractivity contribution in [3.8, 4) is 0 Å². The number of nitrogens with two attached hydrogens (primary N) is 1. The van der Waals surface area contributed by atoms with Gasteiger partial charge in [-0.2, -0.15) is 0 Å². The fourth-order valence-corrected chi connectivity index (χ4v) is 1.85. The van der Waals surface area contributed by atoms with Gasteiger partial charge in [-0.3, -0.25) is 14.9 Å². The molecule has 1 amide bonds. The van der Waals surface area contributed by atoms with Crippen LogP contribution in [-0.2, 0) is 9.53 Å². The number of nitrogen functional groups attached to an aromatic ring is 1. The first-order valence-corrected chi connectivity index (χ1v) is 6.64. The Morgan fingerprint density at radius 2 is 1.96 bits per heavy atom. The number of carbonyl (C=O) groups is 2. The molecule has 0 aromatic heterocycles. The van der Waals surface area contributed by atoms with Crippen LogP contribution in [0, 0.1) is 15.9 Å². The van der Waals surface area contributed by atoms with Crippen LogP contribution in [-0.4, -0.2) is 23.4 Å². The standard InChI is InChI=1S/C15H12FN3O5/c16-9-5-6-10(11(17)7-9)15(21)24-8-14(20)18-12-3-1-2-4-13(12)19(22)23/h1-7H,8,17H2,(H,18,20). The van der Waals surface area contributed by atoms with Gasteiger partial charge in [0.25, 0.3) is 11.6 Å². The first-order chi connectivity index (χ1) is 11.4. The van der Waals surface area contributed by atoms with E-state index < -0.39 is 29.2 Å². The minimum atomic E-state index is -0.912. The molecule has 2 rings (SSSR count). The van der Waals surface area contributed by atoms with E-state index in [1.807, 2.05) is 0 Å². The molecule has 3 N–H and O–H groups in total. The molecule has 0 atom stereocenters. The van der Waals surface area contributed by atoms with Crippen LogP contribution in [0.2, 0.25) is 0 Å². The number of halogens is 1. The third kappa shape index (κ3) is 4.03. The lowest BCUT2D eigenvalue weighted by Gasteiger charge is -2.08.